The molecule has 0 saturated heterocycles. The lowest BCUT2D eigenvalue weighted by molar-refractivity contribution is -0.142. The van der Waals surface area contributed by atoms with Crippen molar-refractivity contribution < 1.29 is 19.5 Å². The Hall–Kier alpha value is -3.60. The lowest BCUT2D eigenvalue weighted by Gasteiger charge is -2.09. The van der Waals surface area contributed by atoms with Crippen molar-refractivity contribution in [3.8, 4) is 16.9 Å². The summed E-state index contributed by atoms with van der Waals surface area (Å²) >= 11 is 0. The van der Waals surface area contributed by atoms with Gasteiger partial charge >= 0.3 is 5.97 Å². The summed E-state index contributed by atoms with van der Waals surface area (Å²) < 4.78 is 5.92. The molecule has 0 fully saturated rings. The van der Waals surface area contributed by atoms with E-state index in [0.29, 0.717) is 6.61 Å². The summed E-state index contributed by atoms with van der Waals surface area (Å²) in [5.74, 6) is -0.268. The number of nitrogens with zero attached hydrogens (tertiary/aromatic N) is 1. The first kappa shape index (κ1) is 19.2. The number of carbonyl (C=O) groups is 1. The van der Waals surface area contributed by atoms with Gasteiger partial charge in [0.05, 0.1) is 6.21 Å². The number of hydrogen-bond donors (Lipinski definition) is 1. The molecule has 5 nitrogen and oxygen atoms in total. The van der Waals surface area contributed by atoms with Crippen molar-refractivity contribution in [2.24, 2.45) is 5.16 Å². The van der Waals surface area contributed by atoms with Crippen molar-refractivity contribution in [2.45, 2.75) is 13.5 Å². The second-order valence-corrected chi connectivity index (χ2v) is 6.33. The number of carboxylic acid groups (broad SMARTS) is 1. The van der Waals surface area contributed by atoms with E-state index < -0.39 is 12.6 Å². The first-order chi connectivity index (χ1) is 13.6. The summed E-state index contributed by atoms with van der Waals surface area (Å²) in [6.07, 6.45) is 1.49. The number of hydrogen-bond acceptors (Lipinski definition) is 4. The third-order valence-corrected chi connectivity index (χ3v) is 4.04. The minimum absolute atomic E-state index is 0.462. The van der Waals surface area contributed by atoms with Gasteiger partial charge in [0.2, 0.25) is 6.61 Å². The Balaban J connectivity index is 1.68. The number of rotatable bonds is 8. The second-order valence-electron chi connectivity index (χ2n) is 6.33. The van der Waals surface area contributed by atoms with Gasteiger partial charge in [0.15, 0.2) is 0 Å². The van der Waals surface area contributed by atoms with E-state index in [0.717, 1.165) is 28.0 Å². The Kier molecular flexibility index (Phi) is 6.41. The predicted molar refractivity (Wildman–Crippen MR) is 109 cm³/mol. The molecule has 0 radical (unpaired) electrons. The van der Waals surface area contributed by atoms with E-state index in [1.54, 1.807) is 0 Å². The van der Waals surface area contributed by atoms with Crippen LogP contribution in [0.4, 0.5) is 0 Å². The van der Waals surface area contributed by atoms with Crippen molar-refractivity contribution in [1.29, 1.82) is 0 Å². The standard InChI is InChI=1S/C23H21NO4/c1-17-8-10-18(11-9-17)15-27-22-7-3-6-21(13-22)20-5-2-4-19(12-20)14-24-28-16-23(25)26/h2-14H,15-16H2,1H3,(H,25,26). The topological polar surface area (TPSA) is 68.1 Å². The number of oxime groups is 1. The number of aryl methyl sites for hydroxylation is 1. The molecule has 28 heavy (non-hydrogen) atoms. The Bertz CT molecular complexity index is 964. The van der Waals surface area contributed by atoms with Gasteiger partial charge in [0, 0.05) is 0 Å². The summed E-state index contributed by atoms with van der Waals surface area (Å²) in [6, 6.07) is 23.9. The maximum atomic E-state index is 10.4. The highest BCUT2D eigenvalue weighted by atomic mass is 16.6. The summed E-state index contributed by atoms with van der Waals surface area (Å²) in [5.41, 5.74) is 5.18. The van der Waals surface area contributed by atoms with Crippen LogP contribution in [0.5, 0.6) is 5.75 Å². The van der Waals surface area contributed by atoms with Gasteiger partial charge in [0.25, 0.3) is 0 Å². The van der Waals surface area contributed by atoms with E-state index in [1.807, 2.05) is 48.5 Å². The van der Waals surface area contributed by atoms with E-state index >= 15 is 0 Å². The van der Waals surface area contributed by atoms with Crippen LogP contribution in [0.2, 0.25) is 0 Å². The zero-order chi connectivity index (χ0) is 19.8. The van der Waals surface area contributed by atoms with Crippen LogP contribution in [-0.4, -0.2) is 23.9 Å². The van der Waals surface area contributed by atoms with Gasteiger partial charge in [-0.1, -0.05) is 65.3 Å². The maximum Gasteiger partial charge on any atom is 0.344 e. The molecule has 3 aromatic carbocycles. The minimum Gasteiger partial charge on any atom is -0.489 e. The summed E-state index contributed by atoms with van der Waals surface area (Å²) in [4.78, 5) is 15.1. The quantitative estimate of drug-likeness (QED) is 0.459. The highest BCUT2D eigenvalue weighted by molar-refractivity contribution is 5.82. The molecule has 0 atom stereocenters. The van der Waals surface area contributed by atoms with Crippen LogP contribution in [0.25, 0.3) is 11.1 Å². The molecule has 3 aromatic rings. The number of ether oxygens (including phenoxy) is 1. The molecule has 0 bridgehead atoms. The van der Waals surface area contributed by atoms with Crippen LogP contribution in [0, 0.1) is 6.92 Å². The average molecular weight is 375 g/mol. The van der Waals surface area contributed by atoms with Gasteiger partial charge in [-0.05, 0) is 47.4 Å². The molecule has 0 aromatic heterocycles. The maximum absolute atomic E-state index is 10.4. The van der Waals surface area contributed by atoms with Crippen molar-refractivity contribution in [2.75, 3.05) is 6.61 Å². The van der Waals surface area contributed by atoms with Gasteiger partial charge in [-0.3, -0.25) is 0 Å². The average Bonchev–Trinajstić information content (AvgIpc) is 2.71. The molecule has 0 aliphatic heterocycles. The van der Waals surface area contributed by atoms with Gasteiger partial charge in [-0.25, -0.2) is 4.79 Å². The molecule has 1 N–H and O–H groups in total. The minimum atomic E-state index is -1.06. The zero-order valence-corrected chi connectivity index (χ0v) is 15.5. The predicted octanol–water partition coefficient (Wildman–Crippen LogP) is 4.68. The third-order valence-electron chi connectivity index (χ3n) is 4.04. The van der Waals surface area contributed by atoms with Crippen LogP contribution in [-0.2, 0) is 16.2 Å². The van der Waals surface area contributed by atoms with E-state index in [4.69, 9.17) is 14.7 Å². The fourth-order valence-corrected chi connectivity index (χ4v) is 2.61. The molecular weight excluding hydrogens is 354 g/mol. The second kappa shape index (κ2) is 9.37. The fraction of sp³-hybridized carbons (Fsp3) is 0.130. The zero-order valence-electron chi connectivity index (χ0n) is 15.5. The molecule has 0 aliphatic carbocycles. The third kappa shape index (κ3) is 5.71. The van der Waals surface area contributed by atoms with Crippen LogP contribution in [0.3, 0.4) is 0 Å². The van der Waals surface area contributed by atoms with Crippen molar-refractivity contribution in [3.63, 3.8) is 0 Å². The van der Waals surface area contributed by atoms with E-state index in [9.17, 15) is 4.79 Å². The SMILES string of the molecule is Cc1ccc(COc2cccc(-c3cccc(C=NOCC(=O)O)c3)c2)cc1. The summed E-state index contributed by atoms with van der Waals surface area (Å²) in [5, 5.41) is 12.2. The van der Waals surface area contributed by atoms with Gasteiger partial charge in [-0.15, -0.1) is 0 Å². The smallest absolute Gasteiger partial charge is 0.344 e. The van der Waals surface area contributed by atoms with Crippen molar-refractivity contribution in [1.82, 2.24) is 0 Å². The monoisotopic (exact) mass is 375 g/mol. The largest absolute Gasteiger partial charge is 0.489 e. The molecular formula is C23H21NO4. The van der Waals surface area contributed by atoms with Gasteiger partial charge in [-0.2, -0.15) is 0 Å². The molecule has 3 rings (SSSR count). The first-order valence-corrected chi connectivity index (χ1v) is 8.86. The Labute approximate surface area is 163 Å². The first-order valence-electron chi connectivity index (χ1n) is 8.86. The highest BCUT2D eigenvalue weighted by Gasteiger charge is 2.02. The number of carboxylic acids is 1. The molecule has 0 unspecified atom stereocenters. The molecule has 0 aliphatic rings. The summed E-state index contributed by atoms with van der Waals surface area (Å²) in [6.45, 7) is 2.11. The van der Waals surface area contributed by atoms with Crippen LogP contribution < -0.4 is 4.74 Å². The van der Waals surface area contributed by atoms with Crippen LogP contribution in [0.1, 0.15) is 16.7 Å². The van der Waals surface area contributed by atoms with Crippen LogP contribution >= 0.6 is 0 Å². The Morgan fingerprint density at radius 2 is 1.71 bits per heavy atom. The lowest BCUT2D eigenvalue weighted by atomic mass is 10.0. The highest BCUT2D eigenvalue weighted by Crippen LogP contribution is 2.25. The molecule has 0 heterocycles. The van der Waals surface area contributed by atoms with Gasteiger partial charge in [0.1, 0.15) is 12.4 Å². The fourth-order valence-electron chi connectivity index (χ4n) is 2.61. The molecule has 142 valence electrons. The Morgan fingerprint density at radius 3 is 2.46 bits per heavy atom. The number of aliphatic carboxylic acids is 1. The van der Waals surface area contributed by atoms with Gasteiger partial charge < -0.3 is 14.7 Å². The van der Waals surface area contributed by atoms with E-state index in [-0.39, 0.29) is 0 Å². The molecule has 0 spiro atoms. The van der Waals surface area contributed by atoms with E-state index in [2.05, 4.69) is 36.3 Å². The van der Waals surface area contributed by atoms with Crippen LogP contribution in [0.15, 0.2) is 78.0 Å². The number of benzene rings is 3. The molecule has 5 heteroatoms. The van der Waals surface area contributed by atoms with Crippen molar-refractivity contribution >= 4 is 12.2 Å². The molecule has 0 amide bonds. The van der Waals surface area contributed by atoms with Crippen molar-refractivity contribution in [3.05, 3.63) is 89.5 Å². The summed E-state index contributed by atoms with van der Waals surface area (Å²) in [7, 11) is 0. The molecule has 0 saturated carbocycles. The normalized spacial score (nSPS) is 10.8. The van der Waals surface area contributed by atoms with E-state index in [1.165, 1.54) is 11.8 Å². The Morgan fingerprint density at radius 1 is 1.00 bits per heavy atom. The lowest BCUT2D eigenvalue weighted by Crippen LogP contribution is -2.03.